The van der Waals surface area contributed by atoms with Gasteiger partial charge in [0.1, 0.15) is 11.2 Å². The molecule has 0 N–H and O–H groups in total. The van der Waals surface area contributed by atoms with E-state index < -0.39 is 0 Å². The van der Waals surface area contributed by atoms with Crippen LogP contribution in [0.2, 0.25) is 0 Å². The number of fused-ring (bicyclic) bond motifs is 6. The first-order valence-corrected chi connectivity index (χ1v) is 19.4. The Morgan fingerprint density at radius 2 is 1.03 bits per heavy atom. The summed E-state index contributed by atoms with van der Waals surface area (Å²) in [5.74, 6) is 1.68. The largest absolute Gasteiger partial charge is 0.456 e. The predicted octanol–water partition coefficient (Wildman–Crippen LogP) is 13.6. The third kappa shape index (κ3) is 6.12. The molecule has 5 nitrogen and oxygen atoms in total. The molecule has 2 heterocycles. The smallest absolute Gasteiger partial charge is 0.164 e. The van der Waals surface area contributed by atoms with E-state index in [1.165, 1.54) is 11.1 Å². The molecule has 0 aliphatic rings. The van der Waals surface area contributed by atoms with Crippen molar-refractivity contribution < 1.29 is 4.42 Å². The zero-order valence-corrected chi connectivity index (χ0v) is 31.5. The molecule has 5 heteroatoms. The fourth-order valence-corrected chi connectivity index (χ4v) is 8.02. The predicted molar refractivity (Wildman–Crippen MR) is 237 cm³/mol. The Bertz CT molecular complexity index is 3420. The number of hydrogen-bond acceptors (Lipinski definition) is 5. The Labute approximate surface area is 340 Å². The van der Waals surface area contributed by atoms with E-state index in [0.717, 1.165) is 82.4 Å². The topological polar surface area (TPSA) is 75.6 Å². The van der Waals surface area contributed by atoms with Gasteiger partial charge in [-0.25, -0.2) is 15.0 Å². The van der Waals surface area contributed by atoms with Crippen LogP contribution < -0.4 is 0 Å². The molecule has 11 aromatic rings. The van der Waals surface area contributed by atoms with Crippen LogP contribution in [0, 0.1) is 23.5 Å². The van der Waals surface area contributed by atoms with Crippen LogP contribution in [-0.2, 0) is 0 Å². The minimum Gasteiger partial charge on any atom is -0.456 e. The second kappa shape index (κ2) is 14.0. The molecule has 0 saturated carbocycles. The van der Waals surface area contributed by atoms with Gasteiger partial charge in [0, 0.05) is 32.8 Å². The number of furan rings is 1. The molecule has 0 aliphatic heterocycles. The van der Waals surface area contributed by atoms with Crippen molar-refractivity contribution in [2.45, 2.75) is 0 Å². The lowest BCUT2D eigenvalue weighted by molar-refractivity contribution is 0.669. The average Bonchev–Trinajstić information content (AvgIpc) is 3.70. The SMILES string of the molecule is N#Cc1ccc(-c2ccc(-c3nc(-c4ccc5c(ccc6c#cccc65)c4)nc(-c4ccc5c(c4)oc4cccc(-c6ccc(-c7ccccc7)cc6)c45)n3)cc2)cc1. The van der Waals surface area contributed by atoms with Crippen LogP contribution in [-0.4, -0.2) is 15.0 Å². The Morgan fingerprint density at radius 3 is 1.75 bits per heavy atom. The van der Waals surface area contributed by atoms with Crippen LogP contribution in [0.3, 0.4) is 0 Å². The summed E-state index contributed by atoms with van der Waals surface area (Å²) < 4.78 is 6.56. The van der Waals surface area contributed by atoms with E-state index in [1.54, 1.807) is 0 Å². The van der Waals surface area contributed by atoms with Gasteiger partial charge < -0.3 is 4.42 Å². The number of benzene rings is 8. The summed E-state index contributed by atoms with van der Waals surface area (Å²) in [6, 6.07) is 70.4. The number of nitriles is 1. The highest BCUT2D eigenvalue weighted by Gasteiger charge is 2.17. The summed E-state index contributed by atoms with van der Waals surface area (Å²) in [4.78, 5) is 15.3. The van der Waals surface area contributed by atoms with Crippen LogP contribution in [0.1, 0.15) is 5.56 Å². The van der Waals surface area contributed by atoms with Crippen LogP contribution in [0.5, 0.6) is 0 Å². The lowest BCUT2D eigenvalue weighted by atomic mass is 9.96. The van der Waals surface area contributed by atoms with Gasteiger partial charge in [-0.1, -0.05) is 140 Å². The minimum atomic E-state index is 0.545. The zero-order valence-electron chi connectivity index (χ0n) is 31.5. The van der Waals surface area contributed by atoms with Crippen LogP contribution in [0.15, 0.2) is 186 Å². The Hall–Kier alpha value is -8.38. The molecule has 0 atom stereocenters. The summed E-state index contributed by atoms with van der Waals surface area (Å²) in [6.07, 6.45) is 0. The average molecular weight is 751 g/mol. The molecule has 0 fully saturated rings. The highest BCUT2D eigenvalue weighted by atomic mass is 16.3. The first kappa shape index (κ1) is 33.9. The van der Waals surface area contributed by atoms with Gasteiger partial charge in [-0.15, -0.1) is 0 Å². The third-order valence-electron chi connectivity index (χ3n) is 11.0. The highest BCUT2D eigenvalue weighted by molar-refractivity contribution is 6.13. The van der Waals surface area contributed by atoms with Gasteiger partial charge >= 0.3 is 0 Å². The number of aromatic nitrogens is 3. The second-order valence-corrected chi connectivity index (χ2v) is 14.6. The van der Waals surface area contributed by atoms with Gasteiger partial charge in [-0.05, 0) is 104 Å². The molecule has 0 radical (unpaired) electrons. The van der Waals surface area contributed by atoms with Crippen LogP contribution in [0.4, 0.5) is 0 Å². The molecule has 0 unspecified atom stereocenters. The van der Waals surface area contributed by atoms with Crippen molar-refractivity contribution in [3.63, 3.8) is 0 Å². The standard InChI is InChI=1S/C54H30N4O/c55-33-34-13-15-36(16-14-34)38-19-24-41(25-20-38)52-56-53(43-27-29-46-42(31-43)26-23-39-9-4-5-10-45(39)46)58-54(57-52)44-28-30-48-50(32-44)59-49-12-6-11-47(51(48)49)40-21-17-37(18-22-40)35-7-2-1-3-8-35/h1-3,5-8,10-32H. The highest BCUT2D eigenvalue weighted by Crippen LogP contribution is 2.39. The Morgan fingerprint density at radius 1 is 0.441 bits per heavy atom. The van der Waals surface area contributed by atoms with Gasteiger partial charge in [0.2, 0.25) is 0 Å². The zero-order chi connectivity index (χ0) is 39.3. The quantitative estimate of drug-likeness (QED) is 0.169. The maximum Gasteiger partial charge on any atom is 0.164 e. The van der Waals surface area contributed by atoms with Crippen molar-refractivity contribution in [1.29, 1.82) is 5.26 Å². The molecule has 2 aromatic heterocycles. The summed E-state index contributed by atoms with van der Waals surface area (Å²) in [5, 5.41) is 15.7. The van der Waals surface area contributed by atoms with Crippen LogP contribution in [0.25, 0.3) is 111 Å². The molecule has 0 aliphatic carbocycles. The van der Waals surface area contributed by atoms with E-state index in [-0.39, 0.29) is 0 Å². The van der Waals surface area contributed by atoms with Gasteiger partial charge in [-0.2, -0.15) is 5.26 Å². The number of nitrogens with zero attached hydrogens (tertiary/aromatic N) is 4. The summed E-state index contributed by atoms with van der Waals surface area (Å²) >= 11 is 0. The summed E-state index contributed by atoms with van der Waals surface area (Å²) in [7, 11) is 0. The van der Waals surface area contributed by atoms with Crippen molar-refractivity contribution >= 4 is 43.5 Å². The van der Waals surface area contributed by atoms with Gasteiger partial charge in [-0.3, -0.25) is 0 Å². The molecule has 0 spiro atoms. The lowest BCUT2D eigenvalue weighted by Gasteiger charge is -2.10. The fourth-order valence-electron chi connectivity index (χ4n) is 8.02. The molecule has 272 valence electrons. The molecule has 59 heavy (non-hydrogen) atoms. The van der Waals surface area contributed by atoms with Crippen molar-refractivity contribution in [2.75, 3.05) is 0 Å². The summed E-state index contributed by atoms with van der Waals surface area (Å²) in [5.41, 5.74) is 11.4. The van der Waals surface area contributed by atoms with Crippen molar-refractivity contribution in [3.05, 3.63) is 200 Å². The minimum absolute atomic E-state index is 0.545. The fraction of sp³-hybridized carbons (Fsp3) is 0. The molecular weight excluding hydrogens is 721 g/mol. The van der Waals surface area contributed by atoms with Gasteiger partial charge in [0.15, 0.2) is 17.5 Å². The van der Waals surface area contributed by atoms with E-state index in [1.807, 2.05) is 66.7 Å². The molecule has 11 rings (SSSR count). The van der Waals surface area contributed by atoms with E-state index in [4.69, 9.17) is 19.4 Å². The van der Waals surface area contributed by atoms with E-state index in [9.17, 15) is 5.26 Å². The lowest BCUT2D eigenvalue weighted by Crippen LogP contribution is -2.00. The Kier molecular flexibility index (Phi) is 8.03. The number of rotatable bonds is 6. The van der Waals surface area contributed by atoms with Crippen molar-refractivity contribution in [2.24, 2.45) is 0 Å². The normalized spacial score (nSPS) is 11.2. The molecule has 0 amide bonds. The van der Waals surface area contributed by atoms with E-state index >= 15 is 0 Å². The van der Waals surface area contributed by atoms with Crippen molar-refractivity contribution in [1.82, 2.24) is 15.0 Å². The Balaban J connectivity index is 1.02. The van der Waals surface area contributed by atoms with E-state index in [0.29, 0.717) is 23.0 Å². The maximum atomic E-state index is 9.27. The van der Waals surface area contributed by atoms with E-state index in [2.05, 4.69) is 133 Å². The van der Waals surface area contributed by atoms with Crippen LogP contribution >= 0.6 is 0 Å². The van der Waals surface area contributed by atoms with Gasteiger partial charge in [0.25, 0.3) is 0 Å². The molecule has 0 saturated heterocycles. The maximum absolute atomic E-state index is 9.27. The van der Waals surface area contributed by atoms with Crippen molar-refractivity contribution in [3.8, 4) is 73.6 Å². The first-order chi connectivity index (χ1) is 29.1. The monoisotopic (exact) mass is 750 g/mol. The summed E-state index contributed by atoms with van der Waals surface area (Å²) in [6.45, 7) is 0. The second-order valence-electron chi connectivity index (χ2n) is 14.6. The molecule has 9 aromatic carbocycles. The third-order valence-corrected chi connectivity index (χ3v) is 11.0. The number of hydrogen-bond donors (Lipinski definition) is 0. The molecule has 0 bridgehead atoms. The molecular formula is C54H30N4O. The first-order valence-electron chi connectivity index (χ1n) is 19.4. The van der Waals surface area contributed by atoms with Gasteiger partial charge in [0.05, 0.1) is 11.6 Å².